The predicted octanol–water partition coefficient (Wildman–Crippen LogP) is 2.80. The van der Waals surface area contributed by atoms with Gasteiger partial charge in [0.05, 0.1) is 36.6 Å². The van der Waals surface area contributed by atoms with Gasteiger partial charge in [0, 0.05) is 44.6 Å². The number of benzene rings is 1. The molecule has 9 heteroatoms. The van der Waals surface area contributed by atoms with Gasteiger partial charge in [-0.3, -0.25) is 9.59 Å². The lowest BCUT2D eigenvalue weighted by Gasteiger charge is -2.28. The van der Waals surface area contributed by atoms with E-state index in [0.717, 1.165) is 5.56 Å². The number of ketones is 1. The molecule has 1 aromatic heterocycles. The first kappa shape index (κ1) is 25.2. The number of Topliss-reactive ketones (excluding diaryl/α,β-unsaturated/α-hetero) is 1. The summed E-state index contributed by atoms with van der Waals surface area (Å²) < 4.78 is 30.9. The van der Waals surface area contributed by atoms with Crippen molar-refractivity contribution in [3.63, 3.8) is 0 Å². The highest BCUT2D eigenvalue weighted by molar-refractivity contribution is 5.96. The highest BCUT2D eigenvalue weighted by atomic mass is 19.1. The number of aliphatic hydroxyl groups excluding tert-OH is 1. The lowest BCUT2D eigenvalue weighted by Crippen LogP contribution is -2.48. The van der Waals surface area contributed by atoms with E-state index in [1.54, 1.807) is 19.2 Å². The van der Waals surface area contributed by atoms with Crippen LogP contribution >= 0.6 is 0 Å². The van der Waals surface area contributed by atoms with Crippen LogP contribution in [0.3, 0.4) is 0 Å². The van der Waals surface area contributed by atoms with Crippen molar-refractivity contribution >= 4 is 11.7 Å². The van der Waals surface area contributed by atoms with E-state index in [2.05, 4.69) is 10.3 Å². The van der Waals surface area contributed by atoms with Gasteiger partial charge in [-0.05, 0) is 36.6 Å². The standard InChI is InChI=1S/C26H31FN2O6/c1-15(16-5-6-17(19(27)12-16)23(30)4-3-9-33-2)18-13-22(28-21-8-11-35-25(18)21)26(32)29-20-7-10-34-14-24(20)31/h5-6,12-13,15,20,24,31H,3-4,7-11,14H2,1-2H3,(H,29,32)/t15?,20-,24-/m0/s1. The summed E-state index contributed by atoms with van der Waals surface area (Å²) in [6, 6.07) is 5.87. The molecule has 1 fully saturated rings. The fourth-order valence-corrected chi connectivity index (χ4v) is 4.48. The summed E-state index contributed by atoms with van der Waals surface area (Å²) in [6.45, 7) is 3.44. The van der Waals surface area contributed by atoms with Crippen molar-refractivity contribution in [2.75, 3.05) is 33.5 Å². The van der Waals surface area contributed by atoms with E-state index >= 15 is 0 Å². The van der Waals surface area contributed by atoms with E-state index in [1.807, 2.05) is 6.92 Å². The van der Waals surface area contributed by atoms with Gasteiger partial charge >= 0.3 is 0 Å². The topological polar surface area (TPSA) is 107 Å². The molecule has 2 aliphatic heterocycles. The molecule has 4 rings (SSSR count). The number of ether oxygens (including phenoxy) is 3. The number of aliphatic hydroxyl groups is 1. The number of nitrogens with one attached hydrogen (secondary N) is 1. The monoisotopic (exact) mass is 486 g/mol. The molecule has 8 nitrogen and oxygen atoms in total. The summed E-state index contributed by atoms with van der Waals surface area (Å²) in [6.07, 6.45) is 1.05. The summed E-state index contributed by atoms with van der Waals surface area (Å²) >= 11 is 0. The lowest BCUT2D eigenvalue weighted by molar-refractivity contribution is -0.0261. The Hall–Kier alpha value is -2.88. The molecule has 0 bridgehead atoms. The van der Waals surface area contributed by atoms with Crippen LogP contribution in [0.15, 0.2) is 24.3 Å². The van der Waals surface area contributed by atoms with Crippen LogP contribution in [0.5, 0.6) is 5.75 Å². The zero-order valence-corrected chi connectivity index (χ0v) is 20.0. The van der Waals surface area contributed by atoms with Crippen molar-refractivity contribution in [1.82, 2.24) is 10.3 Å². The first-order chi connectivity index (χ1) is 16.9. The van der Waals surface area contributed by atoms with E-state index in [-0.39, 0.29) is 41.9 Å². The average Bonchev–Trinajstić information content (AvgIpc) is 3.33. The quantitative estimate of drug-likeness (QED) is 0.415. The number of hydrogen-bond donors (Lipinski definition) is 2. The lowest BCUT2D eigenvalue weighted by atomic mass is 9.90. The van der Waals surface area contributed by atoms with Gasteiger partial charge in [-0.2, -0.15) is 0 Å². The number of hydrogen-bond acceptors (Lipinski definition) is 7. The van der Waals surface area contributed by atoms with Gasteiger partial charge in [0.15, 0.2) is 5.78 Å². The minimum absolute atomic E-state index is 0.0587. The number of carbonyl (C=O) groups excluding carboxylic acids is 2. The Bertz CT molecular complexity index is 1090. The first-order valence-electron chi connectivity index (χ1n) is 11.9. The highest BCUT2D eigenvalue weighted by Crippen LogP contribution is 2.37. The van der Waals surface area contributed by atoms with Crippen LogP contribution in [-0.2, 0) is 15.9 Å². The van der Waals surface area contributed by atoms with Crippen molar-refractivity contribution in [1.29, 1.82) is 0 Å². The second-order valence-electron chi connectivity index (χ2n) is 8.96. The van der Waals surface area contributed by atoms with Gasteiger partial charge in [-0.1, -0.05) is 13.0 Å². The predicted molar refractivity (Wildman–Crippen MR) is 125 cm³/mol. The maximum absolute atomic E-state index is 14.9. The van der Waals surface area contributed by atoms with Crippen LogP contribution in [0.4, 0.5) is 4.39 Å². The number of carbonyl (C=O) groups is 2. The van der Waals surface area contributed by atoms with E-state index in [4.69, 9.17) is 14.2 Å². The Labute approximate surface area is 203 Å². The third kappa shape index (κ3) is 5.69. The van der Waals surface area contributed by atoms with Crippen LogP contribution in [0.2, 0.25) is 0 Å². The zero-order chi connectivity index (χ0) is 24.9. The van der Waals surface area contributed by atoms with Gasteiger partial charge in [0.2, 0.25) is 0 Å². The molecule has 188 valence electrons. The second kappa shape index (κ2) is 11.2. The number of halogens is 1. The molecular formula is C26H31FN2O6. The van der Waals surface area contributed by atoms with E-state index < -0.39 is 18.0 Å². The summed E-state index contributed by atoms with van der Waals surface area (Å²) in [5.41, 5.74) is 2.34. The van der Waals surface area contributed by atoms with E-state index in [0.29, 0.717) is 56.1 Å². The minimum atomic E-state index is -0.775. The maximum atomic E-state index is 14.9. The van der Waals surface area contributed by atoms with Gasteiger partial charge in [-0.15, -0.1) is 0 Å². The maximum Gasteiger partial charge on any atom is 0.270 e. The number of fused-ring (bicyclic) bond motifs is 1. The molecule has 2 aromatic rings. The molecule has 1 saturated heterocycles. The Balaban J connectivity index is 1.57. The Morgan fingerprint density at radius 1 is 1.31 bits per heavy atom. The van der Waals surface area contributed by atoms with Gasteiger partial charge in [0.1, 0.15) is 17.3 Å². The minimum Gasteiger partial charge on any atom is -0.491 e. The van der Waals surface area contributed by atoms with Crippen LogP contribution in [0, 0.1) is 5.82 Å². The largest absolute Gasteiger partial charge is 0.491 e. The van der Waals surface area contributed by atoms with Crippen molar-refractivity contribution in [3.8, 4) is 5.75 Å². The molecule has 2 aliphatic rings. The van der Waals surface area contributed by atoms with Crippen molar-refractivity contribution in [3.05, 3.63) is 58.2 Å². The van der Waals surface area contributed by atoms with Gasteiger partial charge < -0.3 is 24.6 Å². The molecule has 0 saturated carbocycles. The average molecular weight is 487 g/mol. The molecule has 0 spiro atoms. The second-order valence-corrected chi connectivity index (χ2v) is 8.96. The molecule has 1 unspecified atom stereocenters. The number of methoxy groups -OCH3 is 1. The normalized spacial score (nSPS) is 20.1. The SMILES string of the molecule is COCCCC(=O)c1ccc(C(C)c2cc(C(=O)N[C@H]3CCOC[C@@H]3O)nc3c2OCC3)cc1F. The van der Waals surface area contributed by atoms with Gasteiger partial charge in [0.25, 0.3) is 5.91 Å². The van der Waals surface area contributed by atoms with Crippen LogP contribution in [0.25, 0.3) is 0 Å². The summed E-state index contributed by atoms with van der Waals surface area (Å²) in [5, 5.41) is 13.0. The van der Waals surface area contributed by atoms with Crippen LogP contribution in [-0.4, -0.2) is 67.5 Å². The zero-order valence-electron chi connectivity index (χ0n) is 20.0. The Morgan fingerprint density at radius 3 is 2.89 bits per heavy atom. The number of aromatic nitrogens is 1. The fraction of sp³-hybridized carbons (Fsp3) is 0.500. The molecule has 35 heavy (non-hydrogen) atoms. The number of amides is 1. The number of pyridine rings is 1. The molecule has 1 aromatic carbocycles. The van der Waals surface area contributed by atoms with Crippen LogP contribution in [0.1, 0.15) is 69.8 Å². The molecule has 0 radical (unpaired) electrons. The number of nitrogens with zero attached hydrogens (tertiary/aromatic N) is 1. The Kier molecular flexibility index (Phi) is 8.10. The van der Waals surface area contributed by atoms with E-state index in [9.17, 15) is 19.1 Å². The molecule has 3 atom stereocenters. The molecular weight excluding hydrogens is 455 g/mol. The Morgan fingerprint density at radius 2 is 2.14 bits per heavy atom. The summed E-state index contributed by atoms with van der Waals surface area (Å²) in [7, 11) is 1.56. The van der Waals surface area contributed by atoms with Gasteiger partial charge in [-0.25, -0.2) is 9.37 Å². The van der Waals surface area contributed by atoms with E-state index in [1.165, 1.54) is 12.1 Å². The highest BCUT2D eigenvalue weighted by Gasteiger charge is 2.29. The summed E-state index contributed by atoms with van der Waals surface area (Å²) in [5.74, 6) is -0.921. The third-order valence-corrected chi connectivity index (χ3v) is 6.54. The van der Waals surface area contributed by atoms with Crippen molar-refractivity contribution in [2.24, 2.45) is 0 Å². The molecule has 2 N–H and O–H groups in total. The van der Waals surface area contributed by atoms with Crippen molar-refractivity contribution in [2.45, 2.75) is 50.7 Å². The smallest absolute Gasteiger partial charge is 0.270 e. The molecule has 0 aliphatic carbocycles. The van der Waals surface area contributed by atoms with Crippen LogP contribution < -0.4 is 10.1 Å². The first-order valence-corrected chi connectivity index (χ1v) is 11.9. The fourth-order valence-electron chi connectivity index (χ4n) is 4.48. The molecule has 1 amide bonds. The molecule has 3 heterocycles. The third-order valence-electron chi connectivity index (χ3n) is 6.54. The summed E-state index contributed by atoms with van der Waals surface area (Å²) in [4.78, 5) is 29.8. The number of rotatable bonds is 9. The van der Waals surface area contributed by atoms with Crippen molar-refractivity contribution < 1.29 is 33.3 Å².